The second-order valence-electron chi connectivity index (χ2n) is 14.5. The standard InChI is InChI=1S/C41H81NO6/c1-3-5-7-9-11-13-15-16-17-18-19-20-21-23-24-26-28-30-32-37(44)40(47)34-39(46)36(35-43)42-41(48)38(45)33-31-29-27-25-22-14-12-10-8-6-4-2/h26,28,36-40,43-47H,3-25,27,29-35H2,1-2H3,(H,42,48). The Morgan fingerprint density at radius 2 is 0.896 bits per heavy atom. The van der Waals surface area contributed by atoms with Crippen LogP contribution >= 0.6 is 0 Å². The van der Waals surface area contributed by atoms with Crippen molar-refractivity contribution >= 4 is 5.91 Å². The summed E-state index contributed by atoms with van der Waals surface area (Å²) in [6.45, 7) is 3.97. The second-order valence-corrected chi connectivity index (χ2v) is 14.5. The number of rotatable bonds is 37. The van der Waals surface area contributed by atoms with Gasteiger partial charge in [-0.15, -0.1) is 0 Å². The van der Waals surface area contributed by atoms with E-state index < -0.39 is 43.0 Å². The largest absolute Gasteiger partial charge is 0.394 e. The molecule has 5 unspecified atom stereocenters. The highest BCUT2D eigenvalue weighted by atomic mass is 16.3. The topological polar surface area (TPSA) is 130 Å². The lowest BCUT2D eigenvalue weighted by Gasteiger charge is -2.27. The molecule has 0 aliphatic carbocycles. The molecule has 1 amide bonds. The van der Waals surface area contributed by atoms with E-state index in [1.807, 2.05) is 6.08 Å². The van der Waals surface area contributed by atoms with E-state index in [-0.39, 0.29) is 6.42 Å². The molecule has 0 aliphatic heterocycles. The molecule has 0 heterocycles. The second kappa shape index (κ2) is 35.8. The minimum Gasteiger partial charge on any atom is -0.394 e. The lowest BCUT2D eigenvalue weighted by atomic mass is 9.98. The molecule has 0 aliphatic rings. The van der Waals surface area contributed by atoms with Gasteiger partial charge >= 0.3 is 0 Å². The third kappa shape index (κ3) is 29.9. The Morgan fingerprint density at radius 1 is 0.500 bits per heavy atom. The fourth-order valence-corrected chi connectivity index (χ4v) is 6.40. The van der Waals surface area contributed by atoms with Crippen molar-refractivity contribution < 1.29 is 30.3 Å². The monoisotopic (exact) mass is 684 g/mol. The van der Waals surface area contributed by atoms with Crippen LogP contribution in [0.4, 0.5) is 0 Å². The Balaban J connectivity index is 3.88. The van der Waals surface area contributed by atoms with E-state index in [1.54, 1.807) is 0 Å². The van der Waals surface area contributed by atoms with E-state index in [4.69, 9.17) is 0 Å². The number of nitrogens with one attached hydrogen (secondary N) is 1. The first-order chi connectivity index (χ1) is 23.4. The molecule has 0 spiro atoms. The van der Waals surface area contributed by atoms with E-state index >= 15 is 0 Å². The predicted molar refractivity (Wildman–Crippen MR) is 202 cm³/mol. The maximum Gasteiger partial charge on any atom is 0.249 e. The zero-order valence-corrected chi connectivity index (χ0v) is 31.6. The fraction of sp³-hybridized carbons (Fsp3) is 0.927. The normalized spacial score (nSPS) is 15.1. The Kier molecular flexibility index (Phi) is 35.1. The zero-order valence-electron chi connectivity index (χ0n) is 31.6. The molecule has 286 valence electrons. The summed E-state index contributed by atoms with van der Waals surface area (Å²) in [4.78, 5) is 12.4. The SMILES string of the molecule is CCCCCCCCCCCCCCCCC=CCCC(O)C(O)CC(O)C(CO)NC(=O)C(O)CCCCCCCCCCCCC. The van der Waals surface area contributed by atoms with Gasteiger partial charge in [-0.3, -0.25) is 4.79 Å². The van der Waals surface area contributed by atoms with Gasteiger partial charge in [-0.2, -0.15) is 0 Å². The quantitative estimate of drug-likeness (QED) is 0.0286. The molecule has 0 bridgehead atoms. The van der Waals surface area contributed by atoms with Crippen LogP contribution in [0.1, 0.15) is 206 Å². The van der Waals surface area contributed by atoms with Crippen molar-refractivity contribution in [3.63, 3.8) is 0 Å². The summed E-state index contributed by atoms with van der Waals surface area (Å²) in [5.41, 5.74) is 0. The lowest BCUT2D eigenvalue weighted by Crippen LogP contribution is -2.50. The van der Waals surface area contributed by atoms with E-state index in [0.717, 1.165) is 25.7 Å². The molecule has 5 atom stereocenters. The third-order valence-corrected chi connectivity index (χ3v) is 9.82. The van der Waals surface area contributed by atoms with Crippen LogP contribution in [0.15, 0.2) is 12.2 Å². The molecule has 0 aromatic rings. The minimum atomic E-state index is -1.24. The summed E-state index contributed by atoms with van der Waals surface area (Å²) in [5, 5.41) is 53.8. The van der Waals surface area contributed by atoms with Gasteiger partial charge in [0.2, 0.25) is 5.91 Å². The third-order valence-electron chi connectivity index (χ3n) is 9.82. The number of carbonyl (C=O) groups excluding carboxylic acids is 1. The number of allylic oxidation sites excluding steroid dienone is 2. The molecule has 0 saturated heterocycles. The van der Waals surface area contributed by atoms with Crippen molar-refractivity contribution in [2.45, 2.75) is 237 Å². The number of amides is 1. The molecule has 7 nitrogen and oxygen atoms in total. The smallest absolute Gasteiger partial charge is 0.249 e. The summed E-state index contributed by atoms with van der Waals surface area (Å²) in [6.07, 6.45) is 33.8. The Labute approximate surface area is 296 Å². The molecule has 7 heteroatoms. The molecule has 48 heavy (non-hydrogen) atoms. The van der Waals surface area contributed by atoms with Crippen molar-refractivity contribution in [1.82, 2.24) is 5.32 Å². The highest BCUT2D eigenvalue weighted by molar-refractivity contribution is 5.80. The van der Waals surface area contributed by atoms with Crippen molar-refractivity contribution in [2.24, 2.45) is 0 Å². The van der Waals surface area contributed by atoms with E-state index in [2.05, 4.69) is 25.2 Å². The van der Waals surface area contributed by atoms with Crippen molar-refractivity contribution in [3.05, 3.63) is 12.2 Å². The van der Waals surface area contributed by atoms with Gasteiger partial charge in [-0.05, 0) is 32.1 Å². The van der Waals surface area contributed by atoms with Gasteiger partial charge in [-0.25, -0.2) is 0 Å². The number of aliphatic hydroxyl groups is 5. The van der Waals surface area contributed by atoms with Gasteiger partial charge in [0.1, 0.15) is 6.10 Å². The molecule has 0 fully saturated rings. The van der Waals surface area contributed by atoms with Crippen LogP contribution < -0.4 is 5.32 Å². The van der Waals surface area contributed by atoms with Gasteiger partial charge in [0.25, 0.3) is 0 Å². The van der Waals surface area contributed by atoms with Crippen molar-refractivity contribution in [3.8, 4) is 0 Å². The summed E-state index contributed by atoms with van der Waals surface area (Å²) < 4.78 is 0. The Bertz CT molecular complexity index is 704. The van der Waals surface area contributed by atoms with Crippen molar-refractivity contribution in [1.29, 1.82) is 0 Å². The summed E-state index contributed by atoms with van der Waals surface area (Å²) >= 11 is 0. The van der Waals surface area contributed by atoms with Gasteiger partial charge in [0.15, 0.2) is 0 Å². The first kappa shape index (κ1) is 47.0. The van der Waals surface area contributed by atoms with Gasteiger partial charge < -0.3 is 30.8 Å². The van der Waals surface area contributed by atoms with E-state index in [1.165, 1.54) is 141 Å². The molecule has 0 radical (unpaired) electrons. The van der Waals surface area contributed by atoms with Crippen LogP contribution in [-0.4, -0.2) is 68.5 Å². The molecule has 0 saturated carbocycles. The highest BCUT2D eigenvalue weighted by Gasteiger charge is 2.28. The fourth-order valence-electron chi connectivity index (χ4n) is 6.40. The number of unbranched alkanes of at least 4 members (excludes halogenated alkanes) is 24. The summed E-state index contributed by atoms with van der Waals surface area (Å²) in [6, 6.07) is -1.02. The molecular weight excluding hydrogens is 602 g/mol. The summed E-state index contributed by atoms with van der Waals surface area (Å²) in [5.74, 6) is -0.626. The van der Waals surface area contributed by atoms with Gasteiger partial charge in [0, 0.05) is 6.42 Å². The lowest BCUT2D eigenvalue weighted by molar-refractivity contribution is -0.132. The van der Waals surface area contributed by atoms with E-state index in [0.29, 0.717) is 19.3 Å². The molecular formula is C41H81NO6. The summed E-state index contributed by atoms with van der Waals surface area (Å²) in [7, 11) is 0. The van der Waals surface area contributed by atoms with E-state index in [9.17, 15) is 30.3 Å². The zero-order chi connectivity index (χ0) is 35.5. The number of carbonyl (C=O) groups is 1. The number of hydrogen-bond donors (Lipinski definition) is 6. The van der Waals surface area contributed by atoms with Crippen LogP contribution in [0.3, 0.4) is 0 Å². The Morgan fingerprint density at radius 3 is 1.33 bits per heavy atom. The van der Waals surface area contributed by atoms with Crippen LogP contribution in [-0.2, 0) is 4.79 Å². The molecule has 0 aromatic heterocycles. The molecule has 0 aromatic carbocycles. The maximum atomic E-state index is 12.4. The van der Waals surface area contributed by atoms with Crippen LogP contribution in [0.5, 0.6) is 0 Å². The van der Waals surface area contributed by atoms with Gasteiger partial charge in [0.05, 0.1) is 31.0 Å². The van der Waals surface area contributed by atoms with Crippen LogP contribution in [0.25, 0.3) is 0 Å². The minimum absolute atomic E-state index is 0.176. The number of aliphatic hydroxyl groups excluding tert-OH is 5. The van der Waals surface area contributed by atoms with Crippen molar-refractivity contribution in [2.75, 3.05) is 6.61 Å². The molecule has 6 N–H and O–H groups in total. The van der Waals surface area contributed by atoms with Crippen LogP contribution in [0, 0.1) is 0 Å². The molecule has 0 rings (SSSR count). The van der Waals surface area contributed by atoms with Gasteiger partial charge in [-0.1, -0.05) is 180 Å². The van der Waals surface area contributed by atoms with Crippen LogP contribution in [0.2, 0.25) is 0 Å². The number of hydrogen-bond acceptors (Lipinski definition) is 6. The average molecular weight is 684 g/mol. The Hall–Kier alpha value is -0.990. The maximum absolute atomic E-state index is 12.4. The average Bonchev–Trinajstić information content (AvgIpc) is 3.08. The first-order valence-corrected chi connectivity index (χ1v) is 20.7. The first-order valence-electron chi connectivity index (χ1n) is 20.7. The highest BCUT2D eigenvalue weighted by Crippen LogP contribution is 2.16. The predicted octanol–water partition coefficient (Wildman–Crippen LogP) is 9.21.